The second-order valence-electron chi connectivity index (χ2n) is 8.04. The van der Waals surface area contributed by atoms with Gasteiger partial charge in [0.1, 0.15) is 18.3 Å². The van der Waals surface area contributed by atoms with Crippen LogP contribution in [0.1, 0.15) is 23.6 Å². The highest BCUT2D eigenvalue weighted by Crippen LogP contribution is 2.42. The van der Waals surface area contributed by atoms with Crippen LogP contribution in [-0.4, -0.2) is 68.7 Å². The van der Waals surface area contributed by atoms with E-state index in [1.165, 1.54) is 6.26 Å². The smallest absolute Gasteiger partial charge is 0.352 e. The summed E-state index contributed by atoms with van der Waals surface area (Å²) in [6.45, 7) is 3.45. The number of anilines is 1. The van der Waals surface area contributed by atoms with Crippen molar-refractivity contribution < 1.29 is 17.4 Å². The Morgan fingerprint density at radius 2 is 1.97 bits per heavy atom. The number of alkyl halides is 3. The Morgan fingerprint density at radius 3 is 2.61 bits per heavy atom. The average Bonchev–Trinajstić information content (AvgIpc) is 3.13. The van der Waals surface area contributed by atoms with Crippen molar-refractivity contribution in [3.8, 4) is 0 Å². The lowest BCUT2D eigenvalue weighted by molar-refractivity contribution is -0.137. The third-order valence-corrected chi connectivity index (χ3v) is 6.54. The standard InChI is InChI=1S/C20H23F3N8OS/c1-12-8-14-17(15(9-12)20(21,22)23)27-33(5,32)28-18(14)30(4)13(2)19-29(3)11-26-31(19)16-10-24-6-7-25-16/h6-11,13,19H,1-5H3/t13-,19?,33?/m0/s1. The number of benzene rings is 1. The van der Waals surface area contributed by atoms with E-state index in [1.807, 2.05) is 18.9 Å². The van der Waals surface area contributed by atoms with Crippen LogP contribution in [0.2, 0.25) is 0 Å². The van der Waals surface area contributed by atoms with Crippen LogP contribution in [0.15, 0.2) is 44.6 Å². The summed E-state index contributed by atoms with van der Waals surface area (Å²) < 4.78 is 62.4. The maximum absolute atomic E-state index is 13.8. The number of hydrazone groups is 1. The normalized spacial score (nSPS) is 23.2. The van der Waals surface area contributed by atoms with Gasteiger partial charge in [0, 0.05) is 38.3 Å². The van der Waals surface area contributed by atoms with Crippen molar-refractivity contribution in [1.29, 1.82) is 0 Å². The van der Waals surface area contributed by atoms with E-state index in [1.54, 1.807) is 54.9 Å². The minimum Gasteiger partial charge on any atom is -0.352 e. The van der Waals surface area contributed by atoms with Gasteiger partial charge in [-0.15, -0.1) is 0 Å². The number of aromatic nitrogens is 2. The van der Waals surface area contributed by atoms with Gasteiger partial charge in [0.15, 0.2) is 15.7 Å². The molecule has 3 atom stereocenters. The highest BCUT2D eigenvalue weighted by Gasteiger charge is 2.40. The molecule has 0 fully saturated rings. The topological polar surface area (TPSA) is 89.7 Å². The molecule has 1 aromatic carbocycles. The van der Waals surface area contributed by atoms with Gasteiger partial charge in [-0.2, -0.15) is 27.0 Å². The summed E-state index contributed by atoms with van der Waals surface area (Å²) in [6.07, 6.45) is 2.50. The molecule has 1 aromatic heterocycles. The quantitative estimate of drug-likeness (QED) is 0.670. The van der Waals surface area contributed by atoms with E-state index in [2.05, 4.69) is 23.8 Å². The van der Waals surface area contributed by atoms with Crippen molar-refractivity contribution in [3.63, 3.8) is 0 Å². The van der Waals surface area contributed by atoms with Crippen LogP contribution in [0.5, 0.6) is 0 Å². The van der Waals surface area contributed by atoms with Gasteiger partial charge < -0.3 is 9.80 Å². The Kier molecular flexibility index (Phi) is 5.55. The first kappa shape index (κ1) is 23.0. The lowest BCUT2D eigenvalue weighted by Crippen LogP contribution is -2.54. The van der Waals surface area contributed by atoms with E-state index in [9.17, 15) is 17.4 Å². The zero-order valence-corrected chi connectivity index (χ0v) is 19.5. The first-order valence-corrected chi connectivity index (χ1v) is 11.9. The third kappa shape index (κ3) is 4.24. The van der Waals surface area contributed by atoms with E-state index in [0.717, 1.165) is 6.07 Å². The molecule has 176 valence electrons. The Morgan fingerprint density at radius 1 is 1.24 bits per heavy atom. The van der Waals surface area contributed by atoms with Gasteiger partial charge >= 0.3 is 6.18 Å². The van der Waals surface area contributed by atoms with Crippen LogP contribution in [0, 0.1) is 6.92 Å². The van der Waals surface area contributed by atoms with Crippen LogP contribution in [0.25, 0.3) is 0 Å². The van der Waals surface area contributed by atoms with E-state index >= 15 is 0 Å². The van der Waals surface area contributed by atoms with E-state index in [0.29, 0.717) is 11.4 Å². The SMILES string of the molecule is Cc1cc2c(c(C(F)(F)F)c1)N=S(C)(=O)N=C2N(C)[C@@H](C)C1N(C)C=NN1c1cnccn1. The fraction of sp³-hybridized carbons (Fsp3) is 0.400. The molecule has 0 bridgehead atoms. The number of hydrogen-bond acceptors (Lipinski definition) is 8. The molecule has 0 N–H and O–H groups in total. The number of hydrogen-bond donors (Lipinski definition) is 0. The first-order valence-electron chi connectivity index (χ1n) is 9.97. The zero-order valence-electron chi connectivity index (χ0n) is 18.6. The number of rotatable bonds is 3. The molecule has 0 saturated heterocycles. The molecule has 0 spiro atoms. The summed E-state index contributed by atoms with van der Waals surface area (Å²) in [7, 11) is 0.246. The molecular formula is C20H23F3N8OS. The largest absolute Gasteiger partial charge is 0.418 e. The van der Waals surface area contributed by atoms with Crippen LogP contribution in [0.3, 0.4) is 0 Å². The Balaban J connectivity index is 1.79. The first-order chi connectivity index (χ1) is 15.4. The second-order valence-corrected chi connectivity index (χ2v) is 9.94. The molecule has 2 aromatic rings. The summed E-state index contributed by atoms with van der Waals surface area (Å²) in [4.78, 5) is 11.9. The molecule has 33 heavy (non-hydrogen) atoms. The van der Waals surface area contributed by atoms with Crippen molar-refractivity contribution in [2.24, 2.45) is 13.9 Å². The predicted octanol–water partition coefficient (Wildman–Crippen LogP) is 3.25. The van der Waals surface area contributed by atoms with Gasteiger partial charge in [-0.05, 0) is 31.5 Å². The Hall–Kier alpha value is -3.22. The molecule has 2 unspecified atom stereocenters. The number of halogens is 3. The highest BCUT2D eigenvalue weighted by molar-refractivity contribution is 7.92. The van der Waals surface area contributed by atoms with E-state index in [-0.39, 0.29) is 29.3 Å². The van der Waals surface area contributed by atoms with Gasteiger partial charge in [0.2, 0.25) is 0 Å². The van der Waals surface area contributed by atoms with Crippen molar-refractivity contribution >= 4 is 33.6 Å². The van der Waals surface area contributed by atoms with Crippen molar-refractivity contribution in [2.75, 3.05) is 25.4 Å². The number of aryl methyl sites for hydroxylation is 1. The monoisotopic (exact) mass is 480 g/mol. The van der Waals surface area contributed by atoms with E-state index in [4.69, 9.17) is 0 Å². The zero-order chi connectivity index (χ0) is 24.1. The summed E-state index contributed by atoms with van der Waals surface area (Å²) in [5.74, 6) is 0.687. The van der Waals surface area contributed by atoms with Gasteiger partial charge in [-0.25, -0.2) is 14.2 Å². The van der Waals surface area contributed by atoms with Crippen LogP contribution >= 0.6 is 0 Å². The predicted molar refractivity (Wildman–Crippen MR) is 121 cm³/mol. The Labute approximate surface area is 190 Å². The molecule has 9 nitrogen and oxygen atoms in total. The highest BCUT2D eigenvalue weighted by atomic mass is 32.2. The summed E-state index contributed by atoms with van der Waals surface area (Å²) >= 11 is 0. The number of likely N-dealkylation sites (N-methyl/N-ethyl adjacent to an activating group) is 2. The molecule has 0 radical (unpaired) electrons. The molecule has 0 amide bonds. The molecule has 0 saturated carbocycles. The molecular weight excluding hydrogens is 457 g/mol. The molecule has 2 aliphatic heterocycles. The fourth-order valence-electron chi connectivity index (χ4n) is 3.91. The third-order valence-electron chi connectivity index (χ3n) is 5.50. The number of nitrogens with zero attached hydrogens (tertiary/aromatic N) is 8. The van der Waals surface area contributed by atoms with Crippen LogP contribution in [0.4, 0.5) is 24.7 Å². The van der Waals surface area contributed by atoms with E-state index < -0.39 is 21.7 Å². The molecule has 3 heterocycles. The van der Waals surface area contributed by atoms with Crippen molar-refractivity contribution in [1.82, 2.24) is 19.8 Å². The maximum atomic E-state index is 13.8. The molecule has 13 heteroatoms. The minimum absolute atomic E-state index is 0.175. The number of amidine groups is 1. The molecule has 0 aliphatic carbocycles. The van der Waals surface area contributed by atoms with Crippen LogP contribution in [-0.2, 0) is 16.1 Å². The molecule has 2 aliphatic rings. The molecule has 4 rings (SSSR count). The summed E-state index contributed by atoms with van der Waals surface area (Å²) in [6, 6.07) is 2.23. The average molecular weight is 481 g/mol. The fourth-order valence-corrected chi connectivity index (χ4v) is 5.03. The van der Waals surface area contributed by atoms with Gasteiger partial charge in [-0.3, -0.25) is 4.98 Å². The second kappa shape index (κ2) is 7.97. The number of fused-ring (bicyclic) bond motifs is 1. The summed E-state index contributed by atoms with van der Waals surface area (Å²) in [5, 5.41) is 6.06. The Bertz CT molecular complexity index is 1250. The van der Waals surface area contributed by atoms with Crippen molar-refractivity contribution in [2.45, 2.75) is 32.2 Å². The van der Waals surface area contributed by atoms with Crippen LogP contribution < -0.4 is 5.01 Å². The minimum atomic E-state index is -4.65. The maximum Gasteiger partial charge on any atom is 0.418 e. The van der Waals surface area contributed by atoms with Gasteiger partial charge in [0.25, 0.3) is 0 Å². The lowest BCUT2D eigenvalue weighted by Gasteiger charge is -2.39. The van der Waals surface area contributed by atoms with Gasteiger partial charge in [-0.1, -0.05) is 0 Å². The van der Waals surface area contributed by atoms with Gasteiger partial charge in [0.05, 0.1) is 23.5 Å². The lowest BCUT2D eigenvalue weighted by atomic mass is 10.0. The summed E-state index contributed by atoms with van der Waals surface area (Å²) in [5.41, 5.74) is -0.698. The van der Waals surface area contributed by atoms with Crippen molar-refractivity contribution in [3.05, 3.63) is 47.4 Å².